The van der Waals surface area contributed by atoms with Crippen molar-refractivity contribution in [3.05, 3.63) is 34.1 Å². The highest BCUT2D eigenvalue weighted by molar-refractivity contribution is 9.10. The molecule has 1 amide bonds. The summed E-state index contributed by atoms with van der Waals surface area (Å²) in [6.07, 6.45) is 4.44. The number of unbranched alkanes of at least 4 members (excludes halogenated alkanes) is 3. The summed E-state index contributed by atoms with van der Waals surface area (Å²) < 4.78 is 13.6. The lowest BCUT2D eigenvalue weighted by molar-refractivity contribution is 0.0952. The molecular weight excluding hydrogens is 285 g/mol. The number of amides is 1. The first-order valence-corrected chi connectivity index (χ1v) is 6.67. The second-order valence-corrected chi connectivity index (χ2v) is 4.80. The van der Waals surface area contributed by atoms with Gasteiger partial charge in [-0.15, -0.1) is 0 Å². The first-order valence-electron chi connectivity index (χ1n) is 5.88. The molecule has 0 heterocycles. The molecule has 0 aliphatic carbocycles. The average molecular weight is 302 g/mol. The number of hydrogen-bond donors (Lipinski definition) is 1. The summed E-state index contributed by atoms with van der Waals surface area (Å²) in [5.41, 5.74) is 0.362. The smallest absolute Gasteiger partial charge is 0.251 e. The van der Waals surface area contributed by atoms with Crippen molar-refractivity contribution >= 4 is 21.8 Å². The van der Waals surface area contributed by atoms with E-state index in [-0.39, 0.29) is 5.91 Å². The third-order valence-corrected chi connectivity index (χ3v) is 3.14. The van der Waals surface area contributed by atoms with Gasteiger partial charge >= 0.3 is 0 Å². The van der Waals surface area contributed by atoms with Crippen LogP contribution in [-0.4, -0.2) is 12.5 Å². The van der Waals surface area contributed by atoms with Crippen LogP contribution in [0.4, 0.5) is 4.39 Å². The Balaban J connectivity index is 2.39. The van der Waals surface area contributed by atoms with Gasteiger partial charge in [0.15, 0.2) is 0 Å². The molecule has 4 heteroatoms. The maximum absolute atomic E-state index is 13.2. The van der Waals surface area contributed by atoms with Crippen molar-refractivity contribution < 1.29 is 9.18 Å². The van der Waals surface area contributed by atoms with Crippen LogP contribution in [0.5, 0.6) is 0 Å². The van der Waals surface area contributed by atoms with Crippen molar-refractivity contribution in [2.75, 3.05) is 6.54 Å². The van der Waals surface area contributed by atoms with Crippen molar-refractivity contribution in [1.82, 2.24) is 5.32 Å². The molecule has 0 aliphatic heterocycles. The normalized spacial score (nSPS) is 10.3. The van der Waals surface area contributed by atoms with Crippen molar-refractivity contribution in [2.24, 2.45) is 0 Å². The lowest BCUT2D eigenvalue weighted by Gasteiger charge is -2.05. The van der Waals surface area contributed by atoms with E-state index in [1.165, 1.54) is 18.9 Å². The molecule has 0 saturated carbocycles. The van der Waals surface area contributed by atoms with E-state index in [2.05, 4.69) is 28.2 Å². The summed E-state index contributed by atoms with van der Waals surface area (Å²) >= 11 is 3.05. The van der Waals surface area contributed by atoms with Crippen molar-refractivity contribution in [2.45, 2.75) is 32.6 Å². The van der Waals surface area contributed by atoms with Gasteiger partial charge in [-0.1, -0.05) is 26.2 Å². The molecule has 0 aromatic heterocycles. The Morgan fingerprint density at radius 2 is 2.12 bits per heavy atom. The van der Waals surface area contributed by atoms with E-state index in [0.29, 0.717) is 16.6 Å². The largest absolute Gasteiger partial charge is 0.352 e. The summed E-state index contributed by atoms with van der Waals surface area (Å²) in [5, 5.41) is 2.78. The lowest BCUT2D eigenvalue weighted by atomic mass is 10.2. The van der Waals surface area contributed by atoms with Gasteiger partial charge in [0, 0.05) is 12.1 Å². The van der Waals surface area contributed by atoms with E-state index in [4.69, 9.17) is 0 Å². The number of rotatable bonds is 6. The molecule has 0 fully saturated rings. The van der Waals surface area contributed by atoms with Crippen LogP contribution in [0.1, 0.15) is 43.0 Å². The number of halogens is 2. The van der Waals surface area contributed by atoms with Crippen LogP contribution in [0.2, 0.25) is 0 Å². The van der Waals surface area contributed by atoms with E-state index < -0.39 is 5.82 Å². The number of hydrogen-bond acceptors (Lipinski definition) is 1. The molecule has 0 spiro atoms. The third-order valence-electron chi connectivity index (χ3n) is 2.50. The van der Waals surface area contributed by atoms with Gasteiger partial charge in [0.05, 0.1) is 4.47 Å². The zero-order chi connectivity index (χ0) is 12.7. The third kappa shape index (κ3) is 4.86. The summed E-state index contributed by atoms with van der Waals surface area (Å²) in [7, 11) is 0. The minimum absolute atomic E-state index is 0.215. The molecule has 0 atom stereocenters. The fraction of sp³-hybridized carbons (Fsp3) is 0.462. The molecule has 0 radical (unpaired) electrons. The van der Waals surface area contributed by atoms with Crippen molar-refractivity contribution in [3.63, 3.8) is 0 Å². The van der Waals surface area contributed by atoms with Gasteiger partial charge in [-0.25, -0.2) is 4.39 Å². The second kappa shape index (κ2) is 7.43. The summed E-state index contributed by atoms with van der Waals surface area (Å²) in [5.74, 6) is -0.628. The first-order chi connectivity index (χ1) is 8.15. The summed E-state index contributed by atoms with van der Waals surface area (Å²) in [6.45, 7) is 2.79. The Morgan fingerprint density at radius 3 is 2.76 bits per heavy atom. The summed E-state index contributed by atoms with van der Waals surface area (Å²) in [6, 6.07) is 4.39. The maximum Gasteiger partial charge on any atom is 0.251 e. The first kappa shape index (κ1) is 14.2. The SMILES string of the molecule is CCCCCCNC(=O)c1ccc(Br)c(F)c1. The predicted molar refractivity (Wildman–Crippen MR) is 70.6 cm³/mol. The van der Waals surface area contributed by atoms with Crippen LogP contribution >= 0.6 is 15.9 Å². The van der Waals surface area contributed by atoms with Crippen LogP contribution in [0.3, 0.4) is 0 Å². The quantitative estimate of drug-likeness (QED) is 0.793. The van der Waals surface area contributed by atoms with Gasteiger partial charge < -0.3 is 5.32 Å². The monoisotopic (exact) mass is 301 g/mol. The van der Waals surface area contributed by atoms with Crippen LogP contribution in [0.25, 0.3) is 0 Å². The molecule has 1 aromatic carbocycles. The predicted octanol–water partition coefficient (Wildman–Crippen LogP) is 3.90. The maximum atomic E-state index is 13.2. The molecular formula is C13H17BrFNO. The highest BCUT2D eigenvalue weighted by atomic mass is 79.9. The van der Waals surface area contributed by atoms with Gasteiger partial charge in [-0.3, -0.25) is 4.79 Å². The van der Waals surface area contributed by atoms with E-state index in [1.807, 2.05) is 0 Å². The molecule has 1 rings (SSSR count). The Labute approximate surface area is 110 Å². The molecule has 0 saturated heterocycles. The second-order valence-electron chi connectivity index (χ2n) is 3.95. The lowest BCUT2D eigenvalue weighted by Crippen LogP contribution is -2.24. The fourth-order valence-electron chi connectivity index (χ4n) is 1.49. The van der Waals surface area contributed by atoms with Crippen molar-refractivity contribution in [1.29, 1.82) is 0 Å². The molecule has 0 aliphatic rings. The minimum Gasteiger partial charge on any atom is -0.352 e. The number of nitrogens with one attached hydrogen (secondary N) is 1. The van der Waals surface area contributed by atoms with Gasteiger partial charge in [0.1, 0.15) is 5.82 Å². The standard InChI is InChI=1S/C13H17BrFNO/c1-2-3-4-5-8-16-13(17)10-6-7-11(14)12(15)9-10/h6-7,9H,2-5,8H2,1H3,(H,16,17). The topological polar surface area (TPSA) is 29.1 Å². The van der Waals surface area contributed by atoms with E-state index in [0.717, 1.165) is 12.8 Å². The fourth-order valence-corrected chi connectivity index (χ4v) is 1.74. The Bertz CT molecular complexity index is 382. The van der Waals surface area contributed by atoms with Crippen molar-refractivity contribution in [3.8, 4) is 0 Å². The number of benzene rings is 1. The van der Waals surface area contributed by atoms with Crippen LogP contribution in [0, 0.1) is 5.82 Å². The average Bonchev–Trinajstić information content (AvgIpc) is 2.32. The number of carbonyl (C=O) groups is 1. The Hall–Kier alpha value is -0.900. The highest BCUT2D eigenvalue weighted by Crippen LogP contribution is 2.16. The van der Waals surface area contributed by atoms with E-state index in [1.54, 1.807) is 12.1 Å². The minimum atomic E-state index is -0.413. The Morgan fingerprint density at radius 1 is 1.35 bits per heavy atom. The highest BCUT2D eigenvalue weighted by Gasteiger charge is 2.07. The van der Waals surface area contributed by atoms with Crippen LogP contribution < -0.4 is 5.32 Å². The van der Waals surface area contributed by atoms with Gasteiger partial charge in [-0.05, 0) is 40.5 Å². The zero-order valence-corrected chi connectivity index (χ0v) is 11.5. The molecule has 1 aromatic rings. The van der Waals surface area contributed by atoms with Gasteiger partial charge in [0.2, 0.25) is 0 Å². The Kier molecular flexibility index (Phi) is 6.19. The zero-order valence-electron chi connectivity index (χ0n) is 9.93. The molecule has 1 N–H and O–H groups in total. The molecule has 0 unspecified atom stereocenters. The molecule has 0 bridgehead atoms. The van der Waals surface area contributed by atoms with E-state index >= 15 is 0 Å². The molecule has 2 nitrogen and oxygen atoms in total. The summed E-state index contributed by atoms with van der Waals surface area (Å²) in [4.78, 5) is 11.6. The van der Waals surface area contributed by atoms with Gasteiger partial charge in [0.25, 0.3) is 5.91 Å². The molecule has 17 heavy (non-hydrogen) atoms. The van der Waals surface area contributed by atoms with Crippen LogP contribution in [-0.2, 0) is 0 Å². The van der Waals surface area contributed by atoms with Gasteiger partial charge in [-0.2, -0.15) is 0 Å². The van der Waals surface area contributed by atoms with Crippen LogP contribution in [0.15, 0.2) is 22.7 Å². The van der Waals surface area contributed by atoms with E-state index in [9.17, 15) is 9.18 Å². The molecule has 94 valence electrons. The number of carbonyl (C=O) groups excluding carboxylic acids is 1.